The van der Waals surface area contributed by atoms with E-state index in [1.807, 2.05) is 0 Å². The number of aliphatic carboxylic acids is 1. The third kappa shape index (κ3) is 4.51. The normalized spacial score (nSPS) is 20.4. The van der Waals surface area contributed by atoms with Crippen molar-refractivity contribution in [1.29, 1.82) is 0 Å². The fourth-order valence-corrected chi connectivity index (χ4v) is 3.20. The molecule has 1 aliphatic rings. The zero-order valence-electron chi connectivity index (χ0n) is 10.7. The lowest BCUT2D eigenvalue weighted by Gasteiger charge is -2.30. The average Bonchev–Trinajstić information content (AvgIpc) is 2.41. The summed E-state index contributed by atoms with van der Waals surface area (Å²) in [7, 11) is 0. The largest absolute Gasteiger partial charge is 0.481 e. The smallest absolute Gasteiger partial charge is 0.307 e. The Hall–Kier alpha value is -1.07. The molecule has 0 aromatic heterocycles. The number of halogens is 1. The van der Waals surface area contributed by atoms with E-state index in [4.69, 9.17) is 5.11 Å². The third-order valence-corrected chi connectivity index (χ3v) is 4.34. The van der Waals surface area contributed by atoms with Crippen LogP contribution in [0.3, 0.4) is 0 Å². The summed E-state index contributed by atoms with van der Waals surface area (Å²) in [6.07, 6.45) is 1.75. The second-order valence-electron chi connectivity index (χ2n) is 4.78. The van der Waals surface area contributed by atoms with Gasteiger partial charge in [-0.15, -0.1) is 11.8 Å². The molecule has 3 nitrogen and oxygen atoms in total. The maximum absolute atomic E-state index is 12.7. The van der Waals surface area contributed by atoms with Crippen LogP contribution in [0.15, 0.2) is 29.2 Å². The molecular formula is C14H18FNO2S. The van der Waals surface area contributed by atoms with Gasteiger partial charge in [-0.3, -0.25) is 4.79 Å². The number of carbonyl (C=O) groups is 1. The van der Waals surface area contributed by atoms with Gasteiger partial charge in [0.1, 0.15) is 5.82 Å². The molecule has 0 radical (unpaired) electrons. The molecule has 19 heavy (non-hydrogen) atoms. The molecule has 1 aromatic rings. The number of likely N-dealkylation sites (tertiary alicyclic amines) is 1. The first kappa shape index (κ1) is 14.3. The molecule has 0 saturated carbocycles. The van der Waals surface area contributed by atoms with E-state index in [-0.39, 0.29) is 11.7 Å². The van der Waals surface area contributed by atoms with Gasteiger partial charge in [-0.1, -0.05) is 0 Å². The van der Waals surface area contributed by atoms with Crippen LogP contribution in [-0.2, 0) is 4.79 Å². The van der Waals surface area contributed by atoms with Crippen molar-refractivity contribution >= 4 is 17.7 Å². The fraction of sp³-hybridized carbons (Fsp3) is 0.500. The van der Waals surface area contributed by atoms with E-state index in [2.05, 4.69) is 4.90 Å². The highest BCUT2D eigenvalue weighted by molar-refractivity contribution is 7.99. The number of carboxylic acids is 1. The summed E-state index contributed by atoms with van der Waals surface area (Å²) in [5, 5.41) is 9.02. The van der Waals surface area contributed by atoms with Crippen LogP contribution in [0.1, 0.15) is 12.8 Å². The van der Waals surface area contributed by atoms with E-state index in [9.17, 15) is 9.18 Å². The third-order valence-electron chi connectivity index (χ3n) is 3.34. The molecule has 2 rings (SSSR count). The van der Waals surface area contributed by atoms with Crippen LogP contribution in [0, 0.1) is 11.7 Å². The molecule has 5 heteroatoms. The maximum atomic E-state index is 12.7. The first-order chi connectivity index (χ1) is 9.15. The fourth-order valence-electron chi connectivity index (χ4n) is 2.28. The first-order valence-corrected chi connectivity index (χ1v) is 7.47. The predicted molar refractivity (Wildman–Crippen MR) is 73.9 cm³/mol. The minimum absolute atomic E-state index is 0.218. The molecule has 0 spiro atoms. The van der Waals surface area contributed by atoms with Crippen molar-refractivity contribution in [1.82, 2.24) is 4.90 Å². The molecule has 0 amide bonds. The average molecular weight is 283 g/mol. The first-order valence-electron chi connectivity index (χ1n) is 6.48. The van der Waals surface area contributed by atoms with Crippen molar-refractivity contribution in [3.63, 3.8) is 0 Å². The van der Waals surface area contributed by atoms with Crippen LogP contribution in [0.2, 0.25) is 0 Å². The number of hydrogen-bond donors (Lipinski definition) is 1. The number of piperidine rings is 1. The summed E-state index contributed by atoms with van der Waals surface area (Å²) in [6, 6.07) is 6.47. The molecule has 1 aliphatic heterocycles. The topological polar surface area (TPSA) is 40.5 Å². The molecule has 0 aliphatic carbocycles. The highest BCUT2D eigenvalue weighted by Crippen LogP contribution is 2.20. The Morgan fingerprint density at radius 3 is 2.84 bits per heavy atom. The van der Waals surface area contributed by atoms with E-state index in [0.29, 0.717) is 6.54 Å². The van der Waals surface area contributed by atoms with Gasteiger partial charge >= 0.3 is 5.97 Å². The summed E-state index contributed by atoms with van der Waals surface area (Å²) in [5.74, 6) is -0.219. The maximum Gasteiger partial charge on any atom is 0.307 e. The number of rotatable bonds is 5. The van der Waals surface area contributed by atoms with E-state index in [0.717, 1.165) is 36.6 Å². The molecule has 1 saturated heterocycles. The van der Waals surface area contributed by atoms with Crippen LogP contribution in [0.5, 0.6) is 0 Å². The minimum atomic E-state index is -0.684. The molecular weight excluding hydrogens is 265 g/mol. The summed E-state index contributed by atoms with van der Waals surface area (Å²) in [6.45, 7) is 2.51. The van der Waals surface area contributed by atoms with Crippen molar-refractivity contribution in [2.24, 2.45) is 5.92 Å². The van der Waals surface area contributed by atoms with Gasteiger partial charge in [0.05, 0.1) is 5.92 Å². The highest BCUT2D eigenvalue weighted by Gasteiger charge is 2.24. The zero-order chi connectivity index (χ0) is 13.7. The monoisotopic (exact) mass is 283 g/mol. The van der Waals surface area contributed by atoms with Gasteiger partial charge in [0.15, 0.2) is 0 Å². The van der Waals surface area contributed by atoms with Crippen LogP contribution < -0.4 is 0 Å². The van der Waals surface area contributed by atoms with Crippen molar-refractivity contribution in [3.8, 4) is 0 Å². The Morgan fingerprint density at radius 2 is 2.16 bits per heavy atom. The Balaban J connectivity index is 1.73. The van der Waals surface area contributed by atoms with Crippen LogP contribution in [0.25, 0.3) is 0 Å². The van der Waals surface area contributed by atoms with E-state index < -0.39 is 5.97 Å². The second-order valence-corrected chi connectivity index (χ2v) is 5.95. The molecule has 1 atom stereocenters. The zero-order valence-corrected chi connectivity index (χ0v) is 11.5. The minimum Gasteiger partial charge on any atom is -0.481 e. The Labute approximate surface area is 116 Å². The number of thioether (sulfide) groups is 1. The summed E-state index contributed by atoms with van der Waals surface area (Å²) < 4.78 is 12.7. The summed E-state index contributed by atoms with van der Waals surface area (Å²) in [4.78, 5) is 14.2. The Bertz CT molecular complexity index is 424. The molecule has 0 bridgehead atoms. The Kier molecular flexibility index (Phi) is 5.22. The van der Waals surface area contributed by atoms with Crippen LogP contribution in [0.4, 0.5) is 4.39 Å². The lowest BCUT2D eigenvalue weighted by molar-refractivity contribution is -0.143. The Morgan fingerprint density at radius 1 is 1.42 bits per heavy atom. The van der Waals surface area contributed by atoms with Crippen molar-refractivity contribution in [3.05, 3.63) is 30.1 Å². The number of carboxylic acid groups (broad SMARTS) is 1. The molecule has 1 N–H and O–H groups in total. The van der Waals surface area contributed by atoms with Gasteiger partial charge in [0.2, 0.25) is 0 Å². The van der Waals surface area contributed by atoms with E-state index in [1.54, 1.807) is 23.9 Å². The molecule has 1 heterocycles. The second kappa shape index (κ2) is 6.91. The van der Waals surface area contributed by atoms with Gasteiger partial charge in [-0.2, -0.15) is 0 Å². The number of hydrogen-bond acceptors (Lipinski definition) is 3. The van der Waals surface area contributed by atoms with Gasteiger partial charge in [0, 0.05) is 23.7 Å². The van der Waals surface area contributed by atoms with Crippen LogP contribution >= 0.6 is 11.8 Å². The number of nitrogens with zero attached hydrogens (tertiary/aromatic N) is 1. The van der Waals surface area contributed by atoms with Gasteiger partial charge in [0.25, 0.3) is 0 Å². The van der Waals surface area contributed by atoms with Crippen LogP contribution in [-0.4, -0.2) is 41.4 Å². The molecule has 1 fully saturated rings. The van der Waals surface area contributed by atoms with Crippen molar-refractivity contribution in [2.45, 2.75) is 17.7 Å². The van der Waals surface area contributed by atoms with Gasteiger partial charge in [-0.25, -0.2) is 4.39 Å². The predicted octanol–water partition coefficient (Wildman–Crippen LogP) is 2.71. The van der Waals surface area contributed by atoms with E-state index in [1.165, 1.54) is 12.1 Å². The van der Waals surface area contributed by atoms with E-state index >= 15 is 0 Å². The van der Waals surface area contributed by atoms with Crippen molar-refractivity contribution in [2.75, 3.05) is 25.4 Å². The molecule has 1 aromatic carbocycles. The number of benzene rings is 1. The lowest BCUT2D eigenvalue weighted by Crippen LogP contribution is -2.39. The molecule has 104 valence electrons. The molecule has 1 unspecified atom stereocenters. The highest BCUT2D eigenvalue weighted by atomic mass is 32.2. The lowest BCUT2D eigenvalue weighted by atomic mass is 9.98. The summed E-state index contributed by atoms with van der Waals surface area (Å²) >= 11 is 1.68. The van der Waals surface area contributed by atoms with Gasteiger partial charge < -0.3 is 10.0 Å². The van der Waals surface area contributed by atoms with Gasteiger partial charge in [-0.05, 0) is 43.7 Å². The van der Waals surface area contributed by atoms with Crippen molar-refractivity contribution < 1.29 is 14.3 Å². The quantitative estimate of drug-likeness (QED) is 0.844. The standard InChI is InChI=1S/C14H18FNO2S/c15-12-3-5-13(6-4-12)19-9-8-16-7-1-2-11(10-16)14(17)18/h3-6,11H,1-2,7-10H2,(H,17,18). The summed E-state index contributed by atoms with van der Waals surface area (Å²) in [5.41, 5.74) is 0. The SMILES string of the molecule is O=C(O)C1CCCN(CCSc2ccc(F)cc2)C1.